The number of carbonyl (C=O) groups excluding carboxylic acids is 2. The highest BCUT2D eigenvalue weighted by Gasteiger charge is 2.20. The summed E-state index contributed by atoms with van der Waals surface area (Å²) in [7, 11) is 0. The van der Waals surface area contributed by atoms with Gasteiger partial charge in [-0.3, -0.25) is 9.59 Å². The number of carbonyl (C=O) groups is 2. The van der Waals surface area contributed by atoms with Gasteiger partial charge in [-0.25, -0.2) is 14.4 Å². The van der Waals surface area contributed by atoms with E-state index in [1.807, 2.05) is 4.90 Å². The number of aryl methyl sites for hydroxylation is 1. The van der Waals surface area contributed by atoms with Gasteiger partial charge in [-0.1, -0.05) is 11.6 Å². The molecule has 1 fully saturated rings. The van der Waals surface area contributed by atoms with Gasteiger partial charge in [0.15, 0.2) is 5.69 Å². The van der Waals surface area contributed by atoms with Gasteiger partial charge in [-0.15, -0.1) is 0 Å². The zero-order valence-electron chi connectivity index (χ0n) is 16.6. The molecule has 1 aliphatic heterocycles. The molecule has 2 amide bonds. The summed E-state index contributed by atoms with van der Waals surface area (Å²) in [6, 6.07) is 5.33. The second kappa shape index (κ2) is 8.73. The van der Waals surface area contributed by atoms with Crippen molar-refractivity contribution >= 4 is 40.7 Å². The van der Waals surface area contributed by atoms with Crippen LogP contribution < -0.4 is 15.5 Å². The van der Waals surface area contributed by atoms with Crippen molar-refractivity contribution in [3.05, 3.63) is 64.6 Å². The minimum absolute atomic E-state index is 0.0162. The number of aromatic nitrogens is 2. The Bertz CT molecular complexity index is 1140. The lowest BCUT2D eigenvalue weighted by molar-refractivity contribution is 0.101. The summed E-state index contributed by atoms with van der Waals surface area (Å²) in [6.07, 6.45) is 4.84. The Hall–Kier alpha value is -3.46. The molecule has 0 spiro atoms. The van der Waals surface area contributed by atoms with E-state index in [2.05, 4.69) is 20.6 Å². The molecule has 4 rings (SSSR count). The fraction of sp³-hybridized carbons (Fsp3) is 0.238. The molecule has 0 unspecified atom stereocenters. The Kier molecular flexibility index (Phi) is 5.85. The minimum atomic E-state index is -0.649. The Morgan fingerprint density at radius 3 is 2.65 bits per heavy atom. The fourth-order valence-electron chi connectivity index (χ4n) is 3.29. The highest BCUT2D eigenvalue weighted by Crippen LogP contribution is 2.24. The Morgan fingerprint density at radius 1 is 1.16 bits per heavy atom. The van der Waals surface area contributed by atoms with Crippen LogP contribution in [0.2, 0.25) is 5.02 Å². The van der Waals surface area contributed by atoms with Crippen molar-refractivity contribution < 1.29 is 18.4 Å². The van der Waals surface area contributed by atoms with Gasteiger partial charge in [0.25, 0.3) is 11.8 Å². The smallest absolute Gasteiger partial charge is 0.276 e. The molecule has 0 radical (unpaired) electrons. The zero-order valence-corrected chi connectivity index (χ0v) is 17.4. The number of amides is 2. The number of nitrogens with one attached hydrogen (secondary N) is 2. The van der Waals surface area contributed by atoms with Crippen molar-refractivity contribution in [1.82, 2.24) is 9.97 Å². The van der Waals surface area contributed by atoms with E-state index in [-0.39, 0.29) is 27.7 Å². The topological polar surface area (TPSA) is 100 Å². The number of benzene rings is 1. The predicted molar refractivity (Wildman–Crippen MR) is 114 cm³/mol. The molecule has 1 aliphatic rings. The average Bonchev–Trinajstić information content (AvgIpc) is 3.42. The normalized spacial score (nSPS) is 13.3. The van der Waals surface area contributed by atoms with E-state index >= 15 is 0 Å². The van der Waals surface area contributed by atoms with Crippen LogP contribution in [0.1, 0.15) is 39.4 Å². The molecule has 0 bridgehead atoms. The lowest BCUT2D eigenvalue weighted by atomic mass is 10.2. The highest BCUT2D eigenvalue weighted by molar-refractivity contribution is 6.34. The van der Waals surface area contributed by atoms with E-state index in [0.717, 1.165) is 32.0 Å². The monoisotopic (exact) mass is 443 g/mol. The Morgan fingerprint density at radius 2 is 1.94 bits per heavy atom. The second-order valence-electron chi connectivity index (χ2n) is 7.05. The number of anilines is 3. The summed E-state index contributed by atoms with van der Waals surface area (Å²) in [5.41, 5.74) is 0.483. The molecule has 0 atom stereocenters. The third kappa shape index (κ3) is 4.51. The summed E-state index contributed by atoms with van der Waals surface area (Å²) in [5, 5.41) is 5.22. The van der Waals surface area contributed by atoms with Gasteiger partial charge in [0.1, 0.15) is 11.6 Å². The number of halogens is 2. The lowest BCUT2D eigenvalue weighted by Gasteiger charge is -2.16. The summed E-state index contributed by atoms with van der Waals surface area (Å²) >= 11 is 6.13. The molecule has 2 aromatic heterocycles. The van der Waals surface area contributed by atoms with Crippen LogP contribution in [0.4, 0.5) is 21.7 Å². The molecule has 0 saturated carbocycles. The van der Waals surface area contributed by atoms with Crippen LogP contribution in [0, 0.1) is 12.7 Å². The Labute approximate surface area is 182 Å². The van der Waals surface area contributed by atoms with Gasteiger partial charge in [0.05, 0.1) is 28.7 Å². The van der Waals surface area contributed by atoms with E-state index in [0.29, 0.717) is 11.7 Å². The summed E-state index contributed by atoms with van der Waals surface area (Å²) in [6.45, 7) is 3.27. The van der Waals surface area contributed by atoms with E-state index < -0.39 is 17.6 Å². The molecule has 3 aromatic rings. The van der Waals surface area contributed by atoms with E-state index in [9.17, 15) is 14.0 Å². The first-order valence-electron chi connectivity index (χ1n) is 9.66. The molecule has 10 heteroatoms. The number of hydrogen-bond donors (Lipinski definition) is 2. The molecule has 1 aromatic carbocycles. The largest absolute Gasteiger partial charge is 0.469 e. The molecule has 0 aliphatic carbocycles. The predicted octanol–water partition coefficient (Wildman–Crippen LogP) is 4.28. The van der Waals surface area contributed by atoms with Crippen molar-refractivity contribution in [1.29, 1.82) is 0 Å². The third-order valence-corrected chi connectivity index (χ3v) is 5.19. The number of nitrogens with zero attached hydrogens (tertiary/aromatic N) is 3. The van der Waals surface area contributed by atoms with Crippen LogP contribution in [0.5, 0.6) is 0 Å². The lowest BCUT2D eigenvalue weighted by Crippen LogP contribution is -2.23. The van der Waals surface area contributed by atoms with Crippen molar-refractivity contribution in [2.75, 3.05) is 28.6 Å². The molecule has 1 saturated heterocycles. The van der Waals surface area contributed by atoms with E-state index in [1.54, 1.807) is 6.92 Å². The van der Waals surface area contributed by atoms with Crippen molar-refractivity contribution in [3.8, 4) is 0 Å². The van der Waals surface area contributed by atoms with E-state index in [1.165, 1.54) is 30.7 Å². The van der Waals surface area contributed by atoms with Crippen LogP contribution in [-0.4, -0.2) is 34.9 Å². The zero-order chi connectivity index (χ0) is 22.0. The Balaban J connectivity index is 1.52. The van der Waals surface area contributed by atoms with Crippen LogP contribution >= 0.6 is 11.6 Å². The molecular weight excluding hydrogens is 425 g/mol. The highest BCUT2D eigenvalue weighted by atomic mass is 35.5. The van der Waals surface area contributed by atoms with Crippen molar-refractivity contribution in [2.24, 2.45) is 0 Å². The average molecular weight is 444 g/mol. The summed E-state index contributed by atoms with van der Waals surface area (Å²) < 4.78 is 19.3. The summed E-state index contributed by atoms with van der Waals surface area (Å²) in [4.78, 5) is 35.6. The number of rotatable bonds is 5. The standard InChI is InChI=1S/C21H19ClFN5O3/c1-12-14(6-9-31-12)19(29)26-17-10-13(4-5-16(17)23)25-20(30)18-15(22)11-24-21(27-18)28-7-2-3-8-28/h4-6,9-11H,2-3,7-8H2,1H3,(H,25,30)(H,26,29). The molecule has 31 heavy (non-hydrogen) atoms. The maximum absolute atomic E-state index is 14.2. The van der Waals surface area contributed by atoms with Gasteiger partial charge in [0.2, 0.25) is 5.95 Å². The SMILES string of the molecule is Cc1occc1C(=O)Nc1cc(NC(=O)c2nc(N3CCCC3)ncc2Cl)ccc1F. The van der Waals surface area contributed by atoms with Crippen LogP contribution in [-0.2, 0) is 0 Å². The van der Waals surface area contributed by atoms with Crippen LogP contribution in [0.15, 0.2) is 41.1 Å². The van der Waals surface area contributed by atoms with Crippen LogP contribution in [0.3, 0.4) is 0 Å². The molecule has 8 nitrogen and oxygen atoms in total. The second-order valence-corrected chi connectivity index (χ2v) is 7.46. The third-order valence-electron chi connectivity index (χ3n) is 4.91. The van der Waals surface area contributed by atoms with Gasteiger partial charge < -0.3 is 20.0 Å². The van der Waals surface area contributed by atoms with Gasteiger partial charge in [-0.05, 0) is 44.0 Å². The molecule has 2 N–H and O–H groups in total. The number of furan rings is 1. The van der Waals surface area contributed by atoms with Crippen molar-refractivity contribution in [2.45, 2.75) is 19.8 Å². The van der Waals surface area contributed by atoms with Crippen LogP contribution in [0.25, 0.3) is 0 Å². The van der Waals surface area contributed by atoms with Crippen molar-refractivity contribution in [3.63, 3.8) is 0 Å². The van der Waals surface area contributed by atoms with Gasteiger partial charge >= 0.3 is 0 Å². The molecule has 3 heterocycles. The first-order valence-corrected chi connectivity index (χ1v) is 10.0. The van der Waals surface area contributed by atoms with E-state index in [4.69, 9.17) is 16.0 Å². The molecule has 160 valence electrons. The quantitative estimate of drug-likeness (QED) is 0.610. The first kappa shape index (κ1) is 20.8. The minimum Gasteiger partial charge on any atom is -0.469 e. The fourth-order valence-corrected chi connectivity index (χ4v) is 3.46. The van der Waals surface area contributed by atoms with Gasteiger partial charge in [0, 0.05) is 18.8 Å². The number of hydrogen-bond acceptors (Lipinski definition) is 6. The molecular formula is C21H19ClFN5O3. The first-order chi connectivity index (χ1) is 14.9. The van der Waals surface area contributed by atoms with Gasteiger partial charge in [-0.2, -0.15) is 0 Å². The maximum atomic E-state index is 14.2. The summed E-state index contributed by atoms with van der Waals surface area (Å²) in [5.74, 6) is -0.891. The maximum Gasteiger partial charge on any atom is 0.276 e.